The zero-order chi connectivity index (χ0) is 17.2. The summed E-state index contributed by atoms with van der Waals surface area (Å²) in [6, 6.07) is 10.4. The summed E-state index contributed by atoms with van der Waals surface area (Å²) in [6.07, 6.45) is 11.8. The monoisotopic (exact) mass is 341 g/mol. The van der Waals surface area contributed by atoms with Gasteiger partial charge >= 0.3 is 6.03 Å². The predicted octanol–water partition coefficient (Wildman–Crippen LogP) is 4.44. The van der Waals surface area contributed by atoms with Crippen molar-refractivity contribution in [1.82, 2.24) is 10.2 Å². The first-order valence-electron chi connectivity index (χ1n) is 10.1. The number of benzene rings is 1. The SMILES string of the molecule is Cc1cccc(NC(=O)NC2C[C@H]3CCC[C@@H](C2)N3C2CCCC2)c1. The third-order valence-electron chi connectivity index (χ3n) is 6.39. The van der Waals surface area contributed by atoms with Crippen molar-refractivity contribution in [2.45, 2.75) is 88.9 Å². The summed E-state index contributed by atoms with van der Waals surface area (Å²) in [5.41, 5.74) is 2.04. The van der Waals surface area contributed by atoms with Crippen LogP contribution < -0.4 is 10.6 Å². The molecule has 25 heavy (non-hydrogen) atoms. The van der Waals surface area contributed by atoms with Gasteiger partial charge in [0, 0.05) is 29.9 Å². The van der Waals surface area contributed by atoms with Gasteiger partial charge in [0.1, 0.15) is 0 Å². The van der Waals surface area contributed by atoms with Crippen LogP contribution in [0.5, 0.6) is 0 Å². The van der Waals surface area contributed by atoms with E-state index in [1.807, 2.05) is 31.2 Å². The molecule has 2 saturated heterocycles. The van der Waals surface area contributed by atoms with Crippen molar-refractivity contribution in [3.8, 4) is 0 Å². The average molecular weight is 341 g/mol. The van der Waals surface area contributed by atoms with Gasteiger partial charge < -0.3 is 10.6 Å². The molecule has 0 aromatic heterocycles. The Morgan fingerprint density at radius 1 is 1.00 bits per heavy atom. The first kappa shape index (κ1) is 16.9. The van der Waals surface area contributed by atoms with Crippen LogP contribution in [0.1, 0.15) is 63.4 Å². The van der Waals surface area contributed by atoms with E-state index < -0.39 is 0 Å². The predicted molar refractivity (Wildman–Crippen MR) is 102 cm³/mol. The zero-order valence-corrected chi connectivity index (χ0v) is 15.3. The third kappa shape index (κ3) is 3.84. The van der Waals surface area contributed by atoms with Crippen LogP contribution in [0.25, 0.3) is 0 Å². The number of carbonyl (C=O) groups excluding carboxylic acids is 1. The second kappa shape index (κ2) is 7.36. The minimum Gasteiger partial charge on any atom is -0.335 e. The first-order valence-corrected chi connectivity index (χ1v) is 10.1. The van der Waals surface area contributed by atoms with Gasteiger partial charge in [-0.25, -0.2) is 4.79 Å². The van der Waals surface area contributed by atoms with Crippen LogP contribution in [-0.2, 0) is 0 Å². The van der Waals surface area contributed by atoms with E-state index in [9.17, 15) is 4.79 Å². The molecule has 3 atom stereocenters. The minimum atomic E-state index is -0.0528. The van der Waals surface area contributed by atoms with Crippen molar-refractivity contribution in [3.05, 3.63) is 29.8 Å². The summed E-state index contributed by atoms with van der Waals surface area (Å²) in [7, 11) is 0. The molecule has 1 aromatic carbocycles. The molecule has 1 aromatic rings. The fourth-order valence-electron chi connectivity index (χ4n) is 5.41. The van der Waals surface area contributed by atoms with Gasteiger partial charge in [0.05, 0.1) is 0 Å². The van der Waals surface area contributed by atoms with E-state index in [0.29, 0.717) is 18.1 Å². The summed E-state index contributed by atoms with van der Waals surface area (Å²) >= 11 is 0. The lowest BCUT2D eigenvalue weighted by Crippen LogP contribution is -2.59. The zero-order valence-electron chi connectivity index (χ0n) is 15.3. The van der Waals surface area contributed by atoms with Crippen LogP contribution in [0, 0.1) is 6.92 Å². The van der Waals surface area contributed by atoms with Crippen molar-refractivity contribution in [2.75, 3.05) is 5.32 Å². The lowest BCUT2D eigenvalue weighted by molar-refractivity contribution is -0.00680. The van der Waals surface area contributed by atoms with Crippen LogP contribution in [-0.4, -0.2) is 35.1 Å². The smallest absolute Gasteiger partial charge is 0.319 e. The number of rotatable bonds is 3. The Balaban J connectivity index is 1.35. The quantitative estimate of drug-likeness (QED) is 0.853. The molecule has 2 N–H and O–H groups in total. The van der Waals surface area contributed by atoms with E-state index in [-0.39, 0.29) is 6.03 Å². The molecule has 3 fully saturated rings. The van der Waals surface area contributed by atoms with Crippen molar-refractivity contribution in [2.24, 2.45) is 0 Å². The molecular weight excluding hydrogens is 310 g/mol. The number of nitrogens with one attached hydrogen (secondary N) is 2. The summed E-state index contributed by atoms with van der Waals surface area (Å²) < 4.78 is 0. The molecule has 4 nitrogen and oxygen atoms in total. The number of amides is 2. The fourth-order valence-corrected chi connectivity index (χ4v) is 5.41. The lowest BCUT2D eigenvalue weighted by atomic mass is 9.80. The van der Waals surface area contributed by atoms with E-state index >= 15 is 0 Å². The highest BCUT2D eigenvalue weighted by Gasteiger charge is 2.42. The maximum absolute atomic E-state index is 12.4. The molecule has 2 bridgehead atoms. The number of urea groups is 1. The van der Waals surface area contributed by atoms with E-state index in [0.717, 1.165) is 30.1 Å². The van der Waals surface area contributed by atoms with E-state index in [1.165, 1.54) is 44.9 Å². The number of aryl methyl sites for hydroxylation is 1. The molecule has 1 unspecified atom stereocenters. The van der Waals surface area contributed by atoms with Crippen LogP contribution in [0.3, 0.4) is 0 Å². The number of nitrogens with zero attached hydrogens (tertiary/aromatic N) is 1. The van der Waals surface area contributed by atoms with E-state index in [4.69, 9.17) is 0 Å². The van der Waals surface area contributed by atoms with Gasteiger partial charge in [-0.2, -0.15) is 0 Å². The van der Waals surface area contributed by atoms with Crippen LogP contribution in [0.4, 0.5) is 10.5 Å². The van der Waals surface area contributed by atoms with Gasteiger partial charge in [-0.3, -0.25) is 4.90 Å². The van der Waals surface area contributed by atoms with Crippen LogP contribution in [0.15, 0.2) is 24.3 Å². The summed E-state index contributed by atoms with van der Waals surface area (Å²) in [5, 5.41) is 6.25. The van der Waals surface area contributed by atoms with Crippen LogP contribution in [0.2, 0.25) is 0 Å². The molecular formula is C21H31N3O. The van der Waals surface area contributed by atoms with Crippen molar-refractivity contribution >= 4 is 11.7 Å². The summed E-state index contributed by atoms with van der Waals surface area (Å²) in [6.45, 7) is 2.04. The Hall–Kier alpha value is -1.55. The van der Waals surface area contributed by atoms with Gasteiger partial charge in [0.25, 0.3) is 0 Å². The minimum absolute atomic E-state index is 0.0528. The molecule has 136 valence electrons. The highest BCUT2D eigenvalue weighted by molar-refractivity contribution is 5.89. The third-order valence-corrected chi connectivity index (χ3v) is 6.39. The molecule has 2 amide bonds. The number of carbonyl (C=O) groups is 1. The van der Waals surface area contributed by atoms with E-state index in [2.05, 4.69) is 15.5 Å². The normalized spacial score (nSPS) is 30.2. The molecule has 1 saturated carbocycles. The van der Waals surface area contributed by atoms with E-state index in [1.54, 1.807) is 0 Å². The van der Waals surface area contributed by atoms with Gasteiger partial charge in [-0.1, -0.05) is 31.4 Å². The molecule has 4 heteroatoms. The molecule has 0 spiro atoms. The van der Waals surface area contributed by atoms with Crippen molar-refractivity contribution in [3.63, 3.8) is 0 Å². The molecule has 0 radical (unpaired) electrons. The number of hydrogen-bond donors (Lipinski definition) is 2. The van der Waals surface area contributed by atoms with Crippen LogP contribution >= 0.6 is 0 Å². The molecule has 2 aliphatic heterocycles. The summed E-state index contributed by atoms with van der Waals surface area (Å²) in [5.74, 6) is 0. The summed E-state index contributed by atoms with van der Waals surface area (Å²) in [4.78, 5) is 15.3. The highest BCUT2D eigenvalue weighted by atomic mass is 16.2. The van der Waals surface area contributed by atoms with Crippen molar-refractivity contribution < 1.29 is 4.79 Å². The largest absolute Gasteiger partial charge is 0.335 e. The van der Waals surface area contributed by atoms with Gasteiger partial charge in [0.15, 0.2) is 0 Å². The first-order chi connectivity index (χ1) is 12.2. The number of piperidine rings is 2. The lowest BCUT2D eigenvalue weighted by Gasteiger charge is -2.51. The highest BCUT2D eigenvalue weighted by Crippen LogP contribution is 2.39. The topological polar surface area (TPSA) is 44.4 Å². The second-order valence-electron chi connectivity index (χ2n) is 8.26. The fraction of sp³-hybridized carbons (Fsp3) is 0.667. The Labute approximate surface area is 151 Å². The molecule has 1 aliphatic carbocycles. The Kier molecular flexibility index (Phi) is 4.98. The van der Waals surface area contributed by atoms with Gasteiger partial charge in [-0.05, 0) is 63.1 Å². The Bertz CT molecular complexity index is 597. The van der Waals surface area contributed by atoms with Crippen molar-refractivity contribution in [1.29, 1.82) is 0 Å². The molecule has 2 heterocycles. The maximum Gasteiger partial charge on any atom is 0.319 e. The Morgan fingerprint density at radius 3 is 2.36 bits per heavy atom. The average Bonchev–Trinajstić information content (AvgIpc) is 3.08. The number of hydrogen-bond acceptors (Lipinski definition) is 2. The molecule has 3 aliphatic rings. The number of anilines is 1. The maximum atomic E-state index is 12.4. The van der Waals surface area contributed by atoms with Gasteiger partial charge in [-0.15, -0.1) is 0 Å². The van der Waals surface area contributed by atoms with Gasteiger partial charge in [0.2, 0.25) is 0 Å². The second-order valence-corrected chi connectivity index (χ2v) is 8.26. The Morgan fingerprint density at radius 2 is 1.68 bits per heavy atom. The standard InChI is InChI=1S/C21H31N3O/c1-15-6-4-7-16(12-15)22-21(25)23-17-13-19-10-5-11-20(14-17)24(19)18-8-2-3-9-18/h4,6-7,12,17-20H,2-3,5,8-11,13-14H2,1H3,(H2,22,23,25)/t17?,19-,20+. The molecule has 4 rings (SSSR count). The number of fused-ring (bicyclic) bond motifs is 2.